The highest BCUT2D eigenvalue weighted by molar-refractivity contribution is 6.31. The number of benzene rings is 2. The molecule has 0 unspecified atom stereocenters. The molecule has 0 fully saturated rings. The lowest BCUT2D eigenvalue weighted by Gasteiger charge is -2.09. The summed E-state index contributed by atoms with van der Waals surface area (Å²) in [7, 11) is 1.40. The molecule has 25 heavy (non-hydrogen) atoms. The number of hydrogen-bond donors (Lipinski definition) is 1. The van der Waals surface area contributed by atoms with Gasteiger partial charge in [0.05, 0.1) is 23.8 Å². The summed E-state index contributed by atoms with van der Waals surface area (Å²) in [5.41, 5.74) is 4.70. The number of nitrogens with zero attached hydrogens (tertiary/aromatic N) is 1. The number of hydrogen-bond acceptors (Lipinski definition) is 4. The third-order valence-corrected chi connectivity index (χ3v) is 3.33. The maximum atomic E-state index is 12.7. The molecule has 0 aromatic heterocycles. The van der Waals surface area contributed by atoms with Crippen LogP contribution in [0.3, 0.4) is 0 Å². The minimum atomic E-state index is -4.58. The highest BCUT2D eigenvalue weighted by atomic mass is 35.5. The van der Waals surface area contributed by atoms with Gasteiger partial charge < -0.3 is 15.3 Å². The Balaban J connectivity index is 2.21. The number of amidine groups is 1. The Morgan fingerprint density at radius 3 is 2.56 bits per heavy atom. The molecule has 0 saturated carbocycles. The zero-order valence-electron chi connectivity index (χ0n) is 12.8. The highest BCUT2D eigenvalue weighted by Crippen LogP contribution is 2.29. The molecule has 2 aromatic carbocycles. The van der Waals surface area contributed by atoms with Crippen LogP contribution in [0.15, 0.2) is 47.6 Å². The molecule has 0 spiro atoms. The number of rotatable bonds is 4. The van der Waals surface area contributed by atoms with Gasteiger partial charge in [-0.15, -0.1) is 0 Å². The summed E-state index contributed by atoms with van der Waals surface area (Å²) in [6.45, 7) is 0. The Morgan fingerprint density at radius 1 is 1.20 bits per heavy atom. The fourth-order valence-electron chi connectivity index (χ4n) is 1.90. The molecule has 2 N–H and O–H groups in total. The average Bonchev–Trinajstić information content (AvgIpc) is 2.58. The monoisotopic (exact) mass is 372 g/mol. The van der Waals surface area contributed by atoms with Crippen LogP contribution in [0.2, 0.25) is 5.02 Å². The van der Waals surface area contributed by atoms with Crippen molar-refractivity contribution in [3.05, 3.63) is 64.2 Å². The van der Waals surface area contributed by atoms with Gasteiger partial charge in [-0.2, -0.15) is 13.2 Å². The van der Waals surface area contributed by atoms with Crippen molar-refractivity contribution in [2.24, 2.45) is 10.9 Å². The minimum Gasteiger partial charge on any atom is -0.496 e. The van der Waals surface area contributed by atoms with Gasteiger partial charge in [0.1, 0.15) is 5.75 Å². The fraction of sp³-hybridized carbons (Fsp3) is 0.125. The highest BCUT2D eigenvalue weighted by Gasteiger charge is 2.31. The zero-order valence-corrected chi connectivity index (χ0v) is 13.6. The Kier molecular flexibility index (Phi) is 5.53. The number of nitrogens with two attached hydrogens (primary N) is 1. The summed E-state index contributed by atoms with van der Waals surface area (Å²) < 4.78 is 43.1. The second kappa shape index (κ2) is 7.43. The van der Waals surface area contributed by atoms with Gasteiger partial charge >= 0.3 is 12.1 Å². The lowest BCUT2D eigenvalue weighted by Crippen LogP contribution is -2.16. The lowest BCUT2D eigenvalue weighted by molar-refractivity contribution is -0.137. The Morgan fingerprint density at radius 2 is 1.92 bits per heavy atom. The molecular formula is C16H12ClF3N2O3. The topological polar surface area (TPSA) is 73.9 Å². The first kappa shape index (κ1) is 18.6. The normalized spacial score (nSPS) is 12.0. The summed E-state index contributed by atoms with van der Waals surface area (Å²) in [6, 6.07) is 8.30. The molecule has 0 heterocycles. The molecule has 5 nitrogen and oxygen atoms in total. The van der Waals surface area contributed by atoms with Gasteiger partial charge in [-0.25, -0.2) is 4.79 Å². The van der Waals surface area contributed by atoms with Gasteiger partial charge in [0.2, 0.25) is 0 Å². The lowest BCUT2D eigenvalue weighted by atomic mass is 10.1. The van der Waals surface area contributed by atoms with E-state index < -0.39 is 17.7 Å². The van der Waals surface area contributed by atoms with Crippen LogP contribution in [-0.2, 0) is 11.0 Å². The van der Waals surface area contributed by atoms with E-state index in [1.165, 1.54) is 25.3 Å². The maximum Gasteiger partial charge on any atom is 0.416 e. The molecule has 0 aliphatic heterocycles. The molecule has 2 rings (SSSR count). The van der Waals surface area contributed by atoms with Gasteiger partial charge in [0.25, 0.3) is 0 Å². The van der Waals surface area contributed by atoms with Crippen molar-refractivity contribution in [2.75, 3.05) is 7.11 Å². The molecule has 9 heteroatoms. The van der Waals surface area contributed by atoms with Crippen molar-refractivity contribution < 1.29 is 27.5 Å². The first-order valence-electron chi connectivity index (χ1n) is 6.78. The van der Waals surface area contributed by atoms with Gasteiger partial charge in [0, 0.05) is 5.02 Å². The van der Waals surface area contributed by atoms with Crippen LogP contribution < -0.4 is 10.5 Å². The van der Waals surface area contributed by atoms with Gasteiger partial charge in [0.15, 0.2) is 5.84 Å². The van der Waals surface area contributed by atoms with E-state index in [0.717, 1.165) is 12.1 Å². The summed E-state index contributed by atoms with van der Waals surface area (Å²) in [5.74, 6) is -0.976. The van der Waals surface area contributed by atoms with E-state index in [2.05, 4.69) is 9.99 Å². The SMILES string of the molecule is COc1ccc(Cl)cc1/C(N)=N/OC(=O)c1cccc(C(F)(F)F)c1. The van der Waals surface area contributed by atoms with E-state index in [0.29, 0.717) is 16.8 Å². The molecule has 0 aliphatic rings. The van der Waals surface area contributed by atoms with Crippen LogP contribution in [0, 0.1) is 0 Å². The van der Waals surface area contributed by atoms with Crippen LogP contribution in [0.5, 0.6) is 5.75 Å². The molecule has 0 amide bonds. The minimum absolute atomic E-state index is 0.223. The smallest absolute Gasteiger partial charge is 0.416 e. The van der Waals surface area contributed by atoms with Crippen LogP contribution in [0.25, 0.3) is 0 Å². The van der Waals surface area contributed by atoms with Gasteiger partial charge in [-0.3, -0.25) is 0 Å². The number of halogens is 4. The second-order valence-electron chi connectivity index (χ2n) is 4.78. The summed E-state index contributed by atoms with van der Waals surface area (Å²) in [5, 5.41) is 3.78. The van der Waals surface area contributed by atoms with Crippen molar-refractivity contribution in [3.63, 3.8) is 0 Å². The molecular weight excluding hydrogens is 361 g/mol. The second-order valence-corrected chi connectivity index (χ2v) is 5.21. The van der Waals surface area contributed by atoms with Gasteiger partial charge in [-0.1, -0.05) is 22.8 Å². The van der Waals surface area contributed by atoms with E-state index >= 15 is 0 Å². The average molecular weight is 373 g/mol. The third-order valence-electron chi connectivity index (χ3n) is 3.09. The number of carbonyl (C=O) groups excluding carboxylic acids is 1. The fourth-order valence-corrected chi connectivity index (χ4v) is 2.07. The maximum absolute atomic E-state index is 12.7. The number of ether oxygens (including phenoxy) is 1. The number of carbonyl (C=O) groups is 1. The zero-order chi connectivity index (χ0) is 18.6. The number of methoxy groups -OCH3 is 1. The summed E-state index contributed by atoms with van der Waals surface area (Å²) in [4.78, 5) is 16.5. The van der Waals surface area contributed by atoms with E-state index in [1.54, 1.807) is 6.07 Å². The molecule has 0 saturated heterocycles. The molecule has 0 atom stereocenters. The predicted octanol–water partition coefficient (Wildman–Crippen LogP) is 3.84. The summed E-state index contributed by atoms with van der Waals surface area (Å²) in [6.07, 6.45) is -4.58. The Labute approximate surface area is 145 Å². The van der Waals surface area contributed by atoms with Crippen molar-refractivity contribution in [1.82, 2.24) is 0 Å². The van der Waals surface area contributed by atoms with E-state index in [1.807, 2.05) is 0 Å². The van der Waals surface area contributed by atoms with E-state index in [9.17, 15) is 18.0 Å². The van der Waals surface area contributed by atoms with E-state index in [4.69, 9.17) is 22.1 Å². The van der Waals surface area contributed by atoms with Crippen LogP contribution in [0.1, 0.15) is 21.5 Å². The first-order chi connectivity index (χ1) is 11.7. The number of alkyl halides is 3. The Hall–Kier alpha value is -2.74. The largest absolute Gasteiger partial charge is 0.496 e. The molecule has 132 valence electrons. The molecule has 0 radical (unpaired) electrons. The van der Waals surface area contributed by atoms with E-state index in [-0.39, 0.29) is 17.0 Å². The van der Waals surface area contributed by atoms with Crippen LogP contribution >= 0.6 is 11.6 Å². The quantitative estimate of drug-likeness (QED) is 0.383. The molecule has 2 aromatic rings. The summed E-state index contributed by atoms with van der Waals surface area (Å²) >= 11 is 5.86. The van der Waals surface area contributed by atoms with Crippen molar-refractivity contribution >= 4 is 23.4 Å². The molecule has 0 bridgehead atoms. The molecule has 0 aliphatic carbocycles. The van der Waals surface area contributed by atoms with Gasteiger partial charge in [-0.05, 0) is 36.4 Å². The first-order valence-corrected chi connectivity index (χ1v) is 7.16. The Bertz CT molecular complexity index is 823. The standard InChI is InChI=1S/C16H12ClF3N2O3/c1-24-13-6-5-11(17)8-12(13)14(21)22-25-15(23)9-3-2-4-10(7-9)16(18,19)20/h2-8H,1H3,(H2,21,22). The van der Waals surface area contributed by atoms with Crippen molar-refractivity contribution in [3.8, 4) is 5.75 Å². The van der Waals surface area contributed by atoms with Crippen LogP contribution in [-0.4, -0.2) is 18.9 Å². The third kappa shape index (κ3) is 4.63. The number of oxime groups is 1. The predicted molar refractivity (Wildman–Crippen MR) is 85.6 cm³/mol. The van der Waals surface area contributed by atoms with Crippen LogP contribution in [0.4, 0.5) is 13.2 Å². The van der Waals surface area contributed by atoms with Crippen molar-refractivity contribution in [1.29, 1.82) is 0 Å². The van der Waals surface area contributed by atoms with Crippen molar-refractivity contribution in [2.45, 2.75) is 6.18 Å².